The van der Waals surface area contributed by atoms with E-state index in [1.807, 2.05) is 13.8 Å². The number of aromatic nitrogens is 1. The Morgan fingerprint density at radius 2 is 1.83 bits per heavy atom. The van der Waals surface area contributed by atoms with E-state index < -0.39 is 59.6 Å². The maximum absolute atomic E-state index is 14.1. The topological polar surface area (TPSA) is 142 Å². The lowest BCUT2D eigenvalue weighted by Crippen LogP contribution is -2.47. The molecule has 0 radical (unpaired) electrons. The quantitative estimate of drug-likeness (QED) is 0.282. The Kier molecular flexibility index (Phi) is 9.44. The number of primary amides is 1. The number of benzene rings is 2. The van der Waals surface area contributed by atoms with Crippen LogP contribution in [0.2, 0.25) is 0 Å². The van der Waals surface area contributed by atoms with Crippen LogP contribution in [0, 0.1) is 23.5 Å². The lowest BCUT2D eigenvalue weighted by Gasteiger charge is -2.27. The van der Waals surface area contributed by atoms with Gasteiger partial charge >= 0.3 is 0 Å². The molecule has 3 atom stereocenters. The molecule has 4 N–H and O–H groups in total. The van der Waals surface area contributed by atoms with Crippen LogP contribution >= 0.6 is 0 Å². The molecule has 0 spiro atoms. The maximum Gasteiger partial charge on any atom is 0.265 e. The molecule has 2 aromatic carbocycles. The standard InChI is InChI=1S/C30H34F2N4O6/c1-16(2)12-24(36-22-8-5-9-26(41-3)18(22)14-23(36)28(33)38)30(40)35-21(13-17-10-11-34-29(17)39)25(37)15-42-27-19(31)6-4-7-20(27)32/h4-9,14,16-17,21,24H,10-13,15H2,1-3H3,(H2,33,38)(H,34,39)(H,35,40)/t17-,21-,24-/m0/s1. The van der Waals surface area contributed by atoms with Crippen LogP contribution in [0.4, 0.5) is 8.78 Å². The number of carbonyl (C=O) groups is 4. The third-order valence-electron chi connectivity index (χ3n) is 7.29. The van der Waals surface area contributed by atoms with Gasteiger partial charge in [-0.05, 0) is 55.5 Å². The van der Waals surface area contributed by atoms with Crippen molar-refractivity contribution in [2.24, 2.45) is 17.6 Å². The highest BCUT2D eigenvalue weighted by atomic mass is 19.1. The van der Waals surface area contributed by atoms with Gasteiger partial charge in [0.15, 0.2) is 23.2 Å². The highest BCUT2D eigenvalue weighted by molar-refractivity contribution is 6.01. The molecule has 42 heavy (non-hydrogen) atoms. The number of halogens is 2. The van der Waals surface area contributed by atoms with E-state index in [2.05, 4.69) is 10.6 Å². The second-order valence-electron chi connectivity index (χ2n) is 10.7. The largest absolute Gasteiger partial charge is 0.496 e. The van der Waals surface area contributed by atoms with Gasteiger partial charge in [-0.1, -0.05) is 26.0 Å². The predicted octanol–water partition coefficient (Wildman–Crippen LogP) is 3.27. The summed E-state index contributed by atoms with van der Waals surface area (Å²) in [5.41, 5.74) is 6.33. The number of methoxy groups -OCH3 is 1. The molecule has 0 saturated carbocycles. The summed E-state index contributed by atoms with van der Waals surface area (Å²) >= 11 is 0. The van der Waals surface area contributed by atoms with E-state index in [9.17, 15) is 28.0 Å². The van der Waals surface area contributed by atoms with E-state index in [1.165, 1.54) is 11.7 Å². The zero-order valence-electron chi connectivity index (χ0n) is 23.6. The number of nitrogens with zero attached hydrogens (tertiary/aromatic N) is 1. The number of para-hydroxylation sites is 1. The van der Waals surface area contributed by atoms with Gasteiger partial charge in [0.2, 0.25) is 11.8 Å². The summed E-state index contributed by atoms with van der Waals surface area (Å²) in [4.78, 5) is 52.2. The van der Waals surface area contributed by atoms with Crippen LogP contribution in [-0.4, -0.2) is 54.4 Å². The van der Waals surface area contributed by atoms with Crippen molar-refractivity contribution in [3.63, 3.8) is 0 Å². The van der Waals surface area contributed by atoms with Gasteiger partial charge in [-0.3, -0.25) is 19.2 Å². The van der Waals surface area contributed by atoms with Crippen LogP contribution in [0.1, 0.15) is 49.6 Å². The number of ketones is 1. The Bertz CT molecular complexity index is 1480. The van der Waals surface area contributed by atoms with Gasteiger partial charge in [-0.25, -0.2) is 8.78 Å². The summed E-state index contributed by atoms with van der Waals surface area (Å²) in [5, 5.41) is 6.02. The Hall–Kier alpha value is -4.48. The fraction of sp³-hybridized carbons (Fsp3) is 0.400. The number of amides is 3. The van der Waals surface area contributed by atoms with Crippen LogP contribution in [-0.2, 0) is 14.4 Å². The number of hydrogen-bond acceptors (Lipinski definition) is 6. The maximum atomic E-state index is 14.1. The minimum atomic E-state index is -1.22. The van der Waals surface area contributed by atoms with Crippen LogP contribution in [0.5, 0.6) is 11.5 Å². The average molecular weight is 585 g/mol. The predicted molar refractivity (Wildman–Crippen MR) is 150 cm³/mol. The van der Waals surface area contributed by atoms with Crippen molar-refractivity contribution in [1.29, 1.82) is 0 Å². The molecule has 0 unspecified atom stereocenters. The first kappa shape index (κ1) is 30.5. The summed E-state index contributed by atoms with van der Waals surface area (Å²) in [7, 11) is 1.49. The highest BCUT2D eigenvalue weighted by Crippen LogP contribution is 2.33. The van der Waals surface area contributed by atoms with Gasteiger partial charge in [0.05, 0.1) is 18.7 Å². The molecule has 0 bridgehead atoms. The molecule has 2 heterocycles. The molecule has 12 heteroatoms. The van der Waals surface area contributed by atoms with Gasteiger partial charge in [0.1, 0.15) is 24.1 Å². The molecule has 224 valence electrons. The van der Waals surface area contributed by atoms with Crippen molar-refractivity contribution < 1.29 is 37.4 Å². The molecule has 3 amide bonds. The molecule has 1 aromatic heterocycles. The summed E-state index contributed by atoms with van der Waals surface area (Å²) < 4.78 is 40.4. The van der Waals surface area contributed by atoms with E-state index in [0.29, 0.717) is 29.6 Å². The van der Waals surface area contributed by atoms with Crippen molar-refractivity contribution in [3.8, 4) is 11.5 Å². The lowest BCUT2D eigenvalue weighted by molar-refractivity contribution is -0.132. The molecule has 4 rings (SSSR count). The van der Waals surface area contributed by atoms with Crippen LogP contribution < -0.4 is 25.8 Å². The minimum Gasteiger partial charge on any atom is -0.496 e. The molecule has 3 aromatic rings. The normalized spacial score (nSPS) is 16.2. The SMILES string of the molecule is COc1cccc2c1cc(C(N)=O)n2[C@@H](CC(C)C)C(=O)N[C@@H](C[C@@H]1CCNC1=O)C(=O)COc1c(F)cccc1F. The molecule has 1 saturated heterocycles. The first-order valence-corrected chi connectivity index (χ1v) is 13.7. The summed E-state index contributed by atoms with van der Waals surface area (Å²) in [6, 6.07) is 7.68. The van der Waals surface area contributed by atoms with Gasteiger partial charge in [-0.15, -0.1) is 0 Å². The van der Waals surface area contributed by atoms with E-state index in [1.54, 1.807) is 24.3 Å². The highest BCUT2D eigenvalue weighted by Gasteiger charge is 2.35. The van der Waals surface area contributed by atoms with Crippen molar-refractivity contribution in [1.82, 2.24) is 15.2 Å². The molecular weight excluding hydrogens is 550 g/mol. The number of nitrogens with two attached hydrogens (primary N) is 1. The summed E-state index contributed by atoms with van der Waals surface area (Å²) in [6.07, 6.45) is 0.677. The number of hydrogen-bond donors (Lipinski definition) is 3. The van der Waals surface area contributed by atoms with Crippen LogP contribution in [0.15, 0.2) is 42.5 Å². The van der Waals surface area contributed by atoms with Crippen molar-refractivity contribution in [2.45, 2.75) is 45.2 Å². The van der Waals surface area contributed by atoms with E-state index in [-0.39, 0.29) is 30.4 Å². The Morgan fingerprint density at radius 3 is 2.43 bits per heavy atom. The fourth-order valence-electron chi connectivity index (χ4n) is 5.26. The van der Waals surface area contributed by atoms with Crippen LogP contribution in [0.3, 0.4) is 0 Å². The Labute approximate surface area is 241 Å². The van der Waals surface area contributed by atoms with E-state index in [0.717, 1.165) is 18.2 Å². The smallest absolute Gasteiger partial charge is 0.265 e. The Morgan fingerprint density at radius 1 is 1.14 bits per heavy atom. The van der Waals surface area contributed by atoms with Gasteiger partial charge < -0.3 is 30.4 Å². The number of fused-ring (bicyclic) bond motifs is 1. The Balaban J connectivity index is 1.68. The second kappa shape index (κ2) is 13.0. The van der Waals surface area contributed by atoms with Crippen molar-refractivity contribution in [2.75, 3.05) is 20.3 Å². The molecule has 1 aliphatic heterocycles. The monoisotopic (exact) mass is 584 g/mol. The van der Waals surface area contributed by atoms with Gasteiger partial charge in [0, 0.05) is 17.8 Å². The van der Waals surface area contributed by atoms with Gasteiger partial charge in [-0.2, -0.15) is 0 Å². The number of ether oxygens (including phenoxy) is 2. The summed E-state index contributed by atoms with van der Waals surface area (Å²) in [6.45, 7) is 3.48. The lowest BCUT2D eigenvalue weighted by atomic mass is 9.95. The number of carbonyl (C=O) groups excluding carboxylic acids is 4. The molecule has 1 aliphatic rings. The molecule has 10 nitrogen and oxygen atoms in total. The zero-order valence-corrected chi connectivity index (χ0v) is 23.6. The third-order valence-corrected chi connectivity index (χ3v) is 7.29. The number of Topliss-reactive ketones (excluding diaryl/α,β-unsaturated/α-hetero) is 1. The van der Waals surface area contributed by atoms with Crippen molar-refractivity contribution in [3.05, 3.63) is 59.8 Å². The average Bonchev–Trinajstić information content (AvgIpc) is 3.53. The minimum absolute atomic E-state index is 0.0216. The van der Waals surface area contributed by atoms with E-state index in [4.69, 9.17) is 15.2 Å². The number of rotatable bonds is 13. The molecule has 1 fully saturated rings. The second-order valence-corrected chi connectivity index (χ2v) is 10.7. The molecular formula is C30H34F2N4O6. The van der Waals surface area contributed by atoms with Gasteiger partial charge in [0.25, 0.3) is 5.91 Å². The van der Waals surface area contributed by atoms with Crippen LogP contribution in [0.25, 0.3) is 10.9 Å². The third kappa shape index (κ3) is 6.53. The van der Waals surface area contributed by atoms with E-state index >= 15 is 0 Å². The zero-order chi connectivity index (χ0) is 30.6. The summed E-state index contributed by atoms with van der Waals surface area (Å²) in [5.74, 6) is -5.08. The van der Waals surface area contributed by atoms with Crippen molar-refractivity contribution >= 4 is 34.4 Å². The first-order chi connectivity index (χ1) is 20.0. The molecule has 0 aliphatic carbocycles. The first-order valence-electron chi connectivity index (χ1n) is 13.7. The fourth-order valence-corrected chi connectivity index (χ4v) is 5.26. The number of nitrogens with one attached hydrogen (secondary N) is 2.